The fourth-order valence-corrected chi connectivity index (χ4v) is 2.08. The highest BCUT2D eigenvalue weighted by atomic mass is 16.5. The molecule has 1 aromatic carbocycles. The molecule has 0 spiro atoms. The predicted octanol–water partition coefficient (Wildman–Crippen LogP) is 3.52. The molecule has 1 rings (SSSR count). The van der Waals surface area contributed by atoms with Crippen molar-refractivity contribution in [2.45, 2.75) is 52.5 Å². The second-order valence-corrected chi connectivity index (χ2v) is 5.28. The number of benzene rings is 1. The first kappa shape index (κ1) is 17.5. The average Bonchev–Trinajstić information content (AvgIpc) is 2.44. The number of ether oxygens (including phenoxy) is 2. The molecule has 2 N–H and O–H groups in total. The van der Waals surface area contributed by atoms with Crippen molar-refractivity contribution in [2.75, 3.05) is 13.2 Å². The largest absolute Gasteiger partial charge is 0.493 e. The van der Waals surface area contributed by atoms with Crippen LogP contribution in [0.4, 0.5) is 0 Å². The Hall–Kier alpha value is -1.55. The fraction of sp³-hybridized carbons (Fsp3) is 0.588. The monoisotopic (exact) mass is 293 g/mol. The van der Waals surface area contributed by atoms with Crippen LogP contribution in [0.3, 0.4) is 0 Å². The molecule has 1 unspecified atom stereocenters. The molecule has 0 aliphatic carbocycles. The van der Waals surface area contributed by atoms with Crippen molar-refractivity contribution in [1.82, 2.24) is 0 Å². The van der Waals surface area contributed by atoms with Crippen LogP contribution in [0.2, 0.25) is 0 Å². The molecule has 4 nitrogen and oxygen atoms in total. The second-order valence-electron chi connectivity index (χ2n) is 5.28. The number of esters is 1. The van der Waals surface area contributed by atoms with Crippen LogP contribution in [-0.2, 0) is 9.53 Å². The Morgan fingerprint density at radius 1 is 1.29 bits per heavy atom. The van der Waals surface area contributed by atoms with Gasteiger partial charge in [-0.2, -0.15) is 0 Å². The lowest BCUT2D eigenvalue weighted by molar-refractivity contribution is -0.143. The molecule has 0 amide bonds. The Kier molecular flexibility index (Phi) is 7.83. The van der Waals surface area contributed by atoms with Crippen molar-refractivity contribution in [3.63, 3.8) is 0 Å². The quantitative estimate of drug-likeness (QED) is 0.559. The van der Waals surface area contributed by atoms with Gasteiger partial charge in [0.25, 0.3) is 0 Å². The first-order valence-corrected chi connectivity index (χ1v) is 7.69. The number of nitrogens with two attached hydrogens (primary N) is 1. The van der Waals surface area contributed by atoms with E-state index < -0.39 is 0 Å². The number of unbranched alkanes of at least 4 members (excludes halogenated alkanes) is 2. The number of rotatable bonds is 9. The summed E-state index contributed by atoms with van der Waals surface area (Å²) in [6.45, 7) is 6.95. The van der Waals surface area contributed by atoms with Crippen molar-refractivity contribution >= 4 is 5.97 Å². The molecule has 4 heteroatoms. The maximum atomic E-state index is 11.2. The van der Waals surface area contributed by atoms with E-state index in [0.29, 0.717) is 19.6 Å². The molecule has 0 saturated heterocycles. The SMILES string of the molecule is CCOC(=O)CCCCCOc1ccc(C(C)N)cc1C. The third-order valence-electron chi connectivity index (χ3n) is 3.31. The zero-order valence-corrected chi connectivity index (χ0v) is 13.4. The van der Waals surface area contributed by atoms with Crippen LogP contribution in [0.1, 0.15) is 56.7 Å². The minimum Gasteiger partial charge on any atom is -0.493 e. The van der Waals surface area contributed by atoms with Gasteiger partial charge in [-0.3, -0.25) is 4.79 Å². The Labute approximate surface area is 127 Å². The third kappa shape index (κ3) is 6.63. The lowest BCUT2D eigenvalue weighted by Gasteiger charge is -2.12. The summed E-state index contributed by atoms with van der Waals surface area (Å²) < 4.78 is 10.7. The topological polar surface area (TPSA) is 61.5 Å². The molecule has 118 valence electrons. The van der Waals surface area contributed by atoms with Gasteiger partial charge >= 0.3 is 5.97 Å². The van der Waals surface area contributed by atoms with Gasteiger partial charge in [-0.1, -0.05) is 12.1 Å². The van der Waals surface area contributed by atoms with Crippen LogP contribution in [0.15, 0.2) is 18.2 Å². The van der Waals surface area contributed by atoms with Crippen molar-refractivity contribution in [3.8, 4) is 5.75 Å². The summed E-state index contributed by atoms with van der Waals surface area (Å²) in [6.07, 6.45) is 3.25. The maximum absolute atomic E-state index is 11.2. The Morgan fingerprint density at radius 2 is 2.05 bits per heavy atom. The summed E-state index contributed by atoms with van der Waals surface area (Å²) in [5, 5.41) is 0. The minimum atomic E-state index is -0.110. The van der Waals surface area contributed by atoms with Crippen molar-refractivity contribution in [3.05, 3.63) is 29.3 Å². The molecule has 0 aliphatic rings. The van der Waals surface area contributed by atoms with Gasteiger partial charge in [0, 0.05) is 12.5 Å². The zero-order chi connectivity index (χ0) is 15.7. The molecule has 0 fully saturated rings. The number of carbonyl (C=O) groups excluding carboxylic acids is 1. The van der Waals surface area contributed by atoms with Crippen LogP contribution in [0.5, 0.6) is 5.75 Å². The van der Waals surface area contributed by atoms with E-state index in [1.165, 1.54) is 0 Å². The Morgan fingerprint density at radius 3 is 2.67 bits per heavy atom. The van der Waals surface area contributed by atoms with E-state index in [2.05, 4.69) is 6.07 Å². The van der Waals surface area contributed by atoms with Gasteiger partial charge in [0.1, 0.15) is 5.75 Å². The third-order valence-corrected chi connectivity index (χ3v) is 3.31. The van der Waals surface area contributed by atoms with Gasteiger partial charge in [0.15, 0.2) is 0 Å². The standard InChI is InChI=1S/C17H27NO3/c1-4-20-17(19)8-6-5-7-11-21-16-10-9-15(14(3)18)12-13(16)2/h9-10,12,14H,4-8,11,18H2,1-3H3. The highest BCUT2D eigenvalue weighted by molar-refractivity contribution is 5.69. The van der Waals surface area contributed by atoms with E-state index in [1.54, 1.807) is 0 Å². The molecular formula is C17H27NO3. The smallest absolute Gasteiger partial charge is 0.305 e. The first-order valence-electron chi connectivity index (χ1n) is 7.69. The molecule has 0 radical (unpaired) electrons. The summed E-state index contributed by atoms with van der Waals surface area (Å²) in [6, 6.07) is 6.10. The summed E-state index contributed by atoms with van der Waals surface area (Å²) >= 11 is 0. The van der Waals surface area contributed by atoms with E-state index >= 15 is 0 Å². The van der Waals surface area contributed by atoms with Crippen LogP contribution in [0, 0.1) is 6.92 Å². The predicted molar refractivity (Wildman–Crippen MR) is 84.4 cm³/mol. The van der Waals surface area contributed by atoms with Crippen LogP contribution < -0.4 is 10.5 Å². The Balaban J connectivity index is 2.22. The van der Waals surface area contributed by atoms with Gasteiger partial charge in [-0.15, -0.1) is 0 Å². The van der Waals surface area contributed by atoms with Gasteiger partial charge in [0.05, 0.1) is 13.2 Å². The van der Waals surface area contributed by atoms with E-state index in [0.717, 1.165) is 36.1 Å². The summed E-state index contributed by atoms with van der Waals surface area (Å²) in [5.74, 6) is 0.797. The summed E-state index contributed by atoms with van der Waals surface area (Å²) in [7, 11) is 0. The van der Waals surface area contributed by atoms with E-state index in [-0.39, 0.29) is 12.0 Å². The zero-order valence-electron chi connectivity index (χ0n) is 13.4. The van der Waals surface area contributed by atoms with Crippen molar-refractivity contribution in [1.29, 1.82) is 0 Å². The number of hydrogen-bond acceptors (Lipinski definition) is 4. The summed E-state index contributed by atoms with van der Waals surface area (Å²) in [5.41, 5.74) is 8.08. The number of aryl methyl sites for hydroxylation is 1. The highest BCUT2D eigenvalue weighted by Gasteiger charge is 2.05. The van der Waals surface area contributed by atoms with E-state index in [1.807, 2.05) is 32.9 Å². The van der Waals surface area contributed by atoms with E-state index in [9.17, 15) is 4.79 Å². The van der Waals surface area contributed by atoms with Crippen molar-refractivity contribution < 1.29 is 14.3 Å². The summed E-state index contributed by atoms with van der Waals surface area (Å²) in [4.78, 5) is 11.2. The van der Waals surface area contributed by atoms with Crippen LogP contribution >= 0.6 is 0 Å². The maximum Gasteiger partial charge on any atom is 0.305 e. The molecule has 0 aromatic heterocycles. The van der Waals surface area contributed by atoms with Crippen molar-refractivity contribution in [2.24, 2.45) is 5.73 Å². The average molecular weight is 293 g/mol. The van der Waals surface area contributed by atoms with Gasteiger partial charge in [-0.25, -0.2) is 0 Å². The second kappa shape index (κ2) is 9.40. The molecule has 21 heavy (non-hydrogen) atoms. The Bertz CT molecular complexity index is 444. The molecule has 1 atom stereocenters. The molecule has 0 bridgehead atoms. The molecular weight excluding hydrogens is 266 g/mol. The molecule has 0 aliphatic heterocycles. The van der Waals surface area contributed by atoms with Crippen LogP contribution in [-0.4, -0.2) is 19.2 Å². The highest BCUT2D eigenvalue weighted by Crippen LogP contribution is 2.22. The fourth-order valence-electron chi connectivity index (χ4n) is 2.08. The molecule has 0 heterocycles. The minimum absolute atomic E-state index is 0.0422. The van der Waals surface area contributed by atoms with Gasteiger partial charge < -0.3 is 15.2 Å². The normalized spacial score (nSPS) is 12.0. The lowest BCUT2D eigenvalue weighted by atomic mass is 10.1. The molecule has 1 aromatic rings. The van der Waals surface area contributed by atoms with Crippen LogP contribution in [0.25, 0.3) is 0 Å². The van der Waals surface area contributed by atoms with Gasteiger partial charge in [0.2, 0.25) is 0 Å². The van der Waals surface area contributed by atoms with E-state index in [4.69, 9.17) is 15.2 Å². The molecule has 0 saturated carbocycles. The first-order chi connectivity index (χ1) is 10.0. The lowest BCUT2D eigenvalue weighted by Crippen LogP contribution is -2.06. The number of carbonyl (C=O) groups is 1. The van der Waals surface area contributed by atoms with Gasteiger partial charge in [-0.05, 0) is 57.2 Å². The number of hydrogen-bond donors (Lipinski definition) is 1.